The standard InChI is InChI=1S/C20H15F3N2O3S/c1-11(28-18(26)8-12-2-5-14(21)6-3-12)19(27)25-20-24-17(10-29-20)13-4-7-15(22)16(23)9-13/h2-7,9-11H,8H2,1H3,(H,24,25,27). The largest absolute Gasteiger partial charge is 0.452 e. The van der Waals surface area contributed by atoms with Crippen molar-refractivity contribution in [2.45, 2.75) is 19.4 Å². The lowest BCUT2D eigenvalue weighted by Crippen LogP contribution is -2.30. The number of carbonyl (C=O) groups excluding carboxylic acids is 2. The minimum Gasteiger partial charge on any atom is -0.452 e. The number of amides is 1. The minimum absolute atomic E-state index is 0.102. The Morgan fingerprint density at radius 2 is 1.83 bits per heavy atom. The minimum atomic E-state index is -1.08. The number of carbonyl (C=O) groups is 2. The Kier molecular flexibility index (Phi) is 6.28. The Hall–Kier alpha value is -3.20. The van der Waals surface area contributed by atoms with Crippen LogP contribution in [0.3, 0.4) is 0 Å². The van der Waals surface area contributed by atoms with Gasteiger partial charge in [-0.25, -0.2) is 18.2 Å². The summed E-state index contributed by atoms with van der Waals surface area (Å²) >= 11 is 1.09. The van der Waals surface area contributed by atoms with E-state index in [9.17, 15) is 22.8 Å². The van der Waals surface area contributed by atoms with Crippen LogP contribution in [0.25, 0.3) is 11.3 Å². The third-order valence-corrected chi connectivity index (χ3v) is 4.65. The van der Waals surface area contributed by atoms with Crippen LogP contribution in [-0.2, 0) is 20.7 Å². The van der Waals surface area contributed by atoms with Gasteiger partial charge in [-0.3, -0.25) is 14.9 Å². The van der Waals surface area contributed by atoms with Crippen LogP contribution in [0.2, 0.25) is 0 Å². The smallest absolute Gasteiger partial charge is 0.311 e. The van der Waals surface area contributed by atoms with Crippen LogP contribution in [0.5, 0.6) is 0 Å². The topological polar surface area (TPSA) is 68.3 Å². The van der Waals surface area contributed by atoms with E-state index in [1.807, 2.05) is 0 Å². The quantitative estimate of drug-likeness (QED) is 0.603. The van der Waals surface area contributed by atoms with Crippen LogP contribution in [0.1, 0.15) is 12.5 Å². The highest BCUT2D eigenvalue weighted by Crippen LogP contribution is 2.26. The molecule has 1 amide bonds. The maximum Gasteiger partial charge on any atom is 0.311 e. The number of rotatable bonds is 6. The van der Waals surface area contributed by atoms with Crippen molar-refractivity contribution in [3.63, 3.8) is 0 Å². The number of halogens is 3. The predicted octanol–water partition coefficient (Wildman–Crippen LogP) is 4.34. The molecule has 0 radical (unpaired) electrons. The average molecular weight is 420 g/mol. The fraction of sp³-hybridized carbons (Fsp3) is 0.150. The van der Waals surface area contributed by atoms with E-state index >= 15 is 0 Å². The second-order valence-corrected chi connectivity index (χ2v) is 6.95. The summed E-state index contributed by atoms with van der Waals surface area (Å²) in [5, 5.41) is 4.30. The second-order valence-electron chi connectivity index (χ2n) is 6.09. The van der Waals surface area contributed by atoms with E-state index in [2.05, 4.69) is 10.3 Å². The number of nitrogens with one attached hydrogen (secondary N) is 1. The third-order valence-electron chi connectivity index (χ3n) is 3.89. The number of nitrogens with zero attached hydrogens (tertiary/aromatic N) is 1. The van der Waals surface area contributed by atoms with Crippen LogP contribution in [0.4, 0.5) is 18.3 Å². The van der Waals surface area contributed by atoms with Crippen LogP contribution in [0, 0.1) is 17.5 Å². The van der Waals surface area contributed by atoms with E-state index in [1.54, 1.807) is 5.38 Å². The number of aromatic nitrogens is 1. The molecule has 1 N–H and O–H groups in total. The van der Waals surface area contributed by atoms with Gasteiger partial charge in [-0.05, 0) is 42.8 Å². The molecule has 1 atom stereocenters. The van der Waals surface area contributed by atoms with E-state index < -0.39 is 35.4 Å². The molecule has 3 rings (SSSR count). The van der Waals surface area contributed by atoms with Crippen molar-refractivity contribution in [1.29, 1.82) is 0 Å². The molecule has 2 aromatic carbocycles. The Morgan fingerprint density at radius 3 is 2.52 bits per heavy atom. The molecule has 1 heterocycles. The van der Waals surface area contributed by atoms with Gasteiger partial charge in [-0.2, -0.15) is 0 Å². The summed E-state index contributed by atoms with van der Waals surface area (Å²) < 4.78 is 44.3. The summed E-state index contributed by atoms with van der Waals surface area (Å²) in [7, 11) is 0. The molecule has 3 aromatic rings. The summed E-state index contributed by atoms with van der Waals surface area (Å²) in [5.41, 5.74) is 1.28. The number of ether oxygens (including phenoxy) is 1. The summed E-state index contributed by atoms with van der Waals surface area (Å²) in [4.78, 5) is 28.3. The van der Waals surface area contributed by atoms with E-state index in [0.717, 1.165) is 23.5 Å². The van der Waals surface area contributed by atoms with E-state index in [-0.39, 0.29) is 11.6 Å². The molecule has 29 heavy (non-hydrogen) atoms. The molecular formula is C20H15F3N2O3S. The third kappa shape index (κ3) is 5.41. The number of hydrogen-bond acceptors (Lipinski definition) is 5. The molecule has 1 aromatic heterocycles. The van der Waals surface area contributed by atoms with Crippen molar-refractivity contribution in [3.8, 4) is 11.3 Å². The number of anilines is 1. The zero-order valence-electron chi connectivity index (χ0n) is 15.1. The molecule has 9 heteroatoms. The van der Waals surface area contributed by atoms with Gasteiger partial charge in [0.25, 0.3) is 5.91 Å². The Labute approximate surface area is 168 Å². The first kappa shape index (κ1) is 20.5. The summed E-state index contributed by atoms with van der Waals surface area (Å²) in [6, 6.07) is 8.74. The van der Waals surface area contributed by atoms with Gasteiger partial charge in [0.1, 0.15) is 5.82 Å². The number of benzene rings is 2. The Morgan fingerprint density at radius 1 is 1.10 bits per heavy atom. The molecule has 0 aliphatic heterocycles. The van der Waals surface area contributed by atoms with Gasteiger partial charge in [0.2, 0.25) is 0 Å². The van der Waals surface area contributed by atoms with Crippen molar-refractivity contribution in [3.05, 3.63) is 70.9 Å². The monoisotopic (exact) mass is 420 g/mol. The lowest BCUT2D eigenvalue weighted by molar-refractivity contribution is -0.152. The van der Waals surface area contributed by atoms with Crippen molar-refractivity contribution in [2.75, 3.05) is 5.32 Å². The van der Waals surface area contributed by atoms with Crippen molar-refractivity contribution >= 4 is 28.3 Å². The Balaban J connectivity index is 1.56. The maximum atomic E-state index is 13.3. The van der Waals surface area contributed by atoms with Gasteiger partial charge in [-0.15, -0.1) is 11.3 Å². The van der Waals surface area contributed by atoms with Gasteiger partial charge >= 0.3 is 5.97 Å². The zero-order valence-corrected chi connectivity index (χ0v) is 15.9. The average Bonchev–Trinajstić information content (AvgIpc) is 3.14. The van der Waals surface area contributed by atoms with E-state index in [0.29, 0.717) is 16.8 Å². The lowest BCUT2D eigenvalue weighted by atomic mass is 10.1. The first-order valence-electron chi connectivity index (χ1n) is 8.47. The van der Waals surface area contributed by atoms with Crippen LogP contribution >= 0.6 is 11.3 Å². The molecule has 0 saturated heterocycles. The first-order chi connectivity index (χ1) is 13.8. The molecule has 0 spiro atoms. The molecule has 1 unspecified atom stereocenters. The maximum absolute atomic E-state index is 13.3. The summed E-state index contributed by atoms with van der Waals surface area (Å²) in [6.45, 7) is 1.40. The first-order valence-corrected chi connectivity index (χ1v) is 9.35. The predicted molar refractivity (Wildman–Crippen MR) is 102 cm³/mol. The number of thiazole rings is 1. The molecule has 0 saturated carbocycles. The van der Waals surface area contributed by atoms with E-state index in [1.165, 1.54) is 37.3 Å². The van der Waals surface area contributed by atoms with Crippen molar-refractivity contribution in [2.24, 2.45) is 0 Å². The lowest BCUT2D eigenvalue weighted by Gasteiger charge is -2.12. The molecule has 0 aliphatic carbocycles. The van der Waals surface area contributed by atoms with Crippen LogP contribution < -0.4 is 5.32 Å². The molecule has 0 bridgehead atoms. The molecule has 0 fully saturated rings. The van der Waals surface area contributed by atoms with Crippen molar-refractivity contribution < 1.29 is 27.5 Å². The summed E-state index contributed by atoms with van der Waals surface area (Å²) in [6.07, 6.45) is -1.19. The summed E-state index contributed by atoms with van der Waals surface area (Å²) in [5.74, 6) is -3.61. The SMILES string of the molecule is CC(OC(=O)Cc1ccc(F)cc1)C(=O)Nc1nc(-c2ccc(F)c(F)c2)cs1. The Bertz CT molecular complexity index is 1040. The zero-order chi connectivity index (χ0) is 21.0. The highest BCUT2D eigenvalue weighted by atomic mass is 32.1. The fourth-order valence-electron chi connectivity index (χ4n) is 2.39. The fourth-order valence-corrected chi connectivity index (χ4v) is 3.11. The van der Waals surface area contributed by atoms with E-state index in [4.69, 9.17) is 4.74 Å². The number of esters is 1. The van der Waals surface area contributed by atoms with Gasteiger partial charge in [-0.1, -0.05) is 12.1 Å². The second kappa shape index (κ2) is 8.87. The van der Waals surface area contributed by atoms with Gasteiger partial charge in [0.15, 0.2) is 22.9 Å². The van der Waals surface area contributed by atoms with Crippen molar-refractivity contribution in [1.82, 2.24) is 4.98 Å². The van der Waals surface area contributed by atoms with Gasteiger partial charge < -0.3 is 4.74 Å². The highest BCUT2D eigenvalue weighted by Gasteiger charge is 2.19. The molecule has 0 aliphatic rings. The molecule has 5 nitrogen and oxygen atoms in total. The number of hydrogen-bond donors (Lipinski definition) is 1. The normalized spacial score (nSPS) is 11.7. The van der Waals surface area contributed by atoms with Gasteiger partial charge in [0.05, 0.1) is 12.1 Å². The highest BCUT2D eigenvalue weighted by molar-refractivity contribution is 7.14. The van der Waals surface area contributed by atoms with Crippen LogP contribution in [-0.4, -0.2) is 23.0 Å². The molecular weight excluding hydrogens is 405 g/mol. The molecule has 150 valence electrons. The van der Waals surface area contributed by atoms with Gasteiger partial charge in [0, 0.05) is 10.9 Å². The van der Waals surface area contributed by atoms with Crippen LogP contribution in [0.15, 0.2) is 47.8 Å².